The van der Waals surface area contributed by atoms with Crippen LogP contribution in [0.5, 0.6) is 0 Å². The van der Waals surface area contributed by atoms with Gasteiger partial charge in [0.1, 0.15) is 0 Å². The molecule has 0 amide bonds. The van der Waals surface area contributed by atoms with Crippen molar-refractivity contribution in [1.82, 2.24) is 4.31 Å². The molecule has 94 valence electrons. The highest BCUT2D eigenvalue weighted by atomic mass is 32.2. The van der Waals surface area contributed by atoms with Gasteiger partial charge in [0.15, 0.2) is 9.84 Å². The summed E-state index contributed by atoms with van der Waals surface area (Å²) in [6, 6.07) is 0. The minimum Gasteiger partial charge on any atom is -0.329 e. The average Bonchev–Trinajstić information content (AvgIpc) is 3.00. The second kappa shape index (κ2) is 3.94. The van der Waals surface area contributed by atoms with Gasteiger partial charge in [-0.25, -0.2) is 16.8 Å². The zero-order valence-electron chi connectivity index (χ0n) is 8.87. The van der Waals surface area contributed by atoms with Crippen LogP contribution in [0.15, 0.2) is 0 Å². The van der Waals surface area contributed by atoms with E-state index in [9.17, 15) is 16.8 Å². The predicted octanol–water partition coefficient (Wildman–Crippen LogP) is -1.46. The molecule has 2 fully saturated rings. The van der Waals surface area contributed by atoms with Gasteiger partial charge in [-0.15, -0.1) is 0 Å². The lowest BCUT2D eigenvalue weighted by molar-refractivity contribution is 0.402. The molecule has 1 atom stereocenters. The van der Waals surface area contributed by atoms with Gasteiger partial charge in [0, 0.05) is 19.6 Å². The Morgan fingerprint density at radius 1 is 1.31 bits per heavy atom. The topological polar surface area (TPSA) is 97.5 Å². The molecule has 1 saturated carbocycles. The second-order valence-electron chi connectivity index (χ2n) is 4.33. The molecule has 0 bridgehead atoms. The quantitative estimate of drug-likeness (QED) is 0.674. The molecule has 8 heteroatoms. The standard InChI is InChI=1S/C8H16N2O4S2/c9-5-8-6-10(3-4-15(8,11)12)16(13,14)7-1-2-7/h7-8H,1-6,9H2. The van der Waals surface area contributed by atoms with Gasteiger partial charge < -0.3 is 5.73 Å². The molecule has 0 aromatic carbocycles. The first-order chi connectivity index (χ1) is 7.38. The number of nitrogens with zero attached hydrogens (tertiary/aromatic N) is 1. The van der Waals surface area contributed by atoms with Crippen molar-refractivity contribution in [3.63, 3.8) is 0 Å². The van der Waals surface area contributed by atoms with Crippen LogP contribution in [0.25, 0.3) is 0 Å². The van der Waals surface area contributed by atoms with Crippen molar-refractivity contribution in [2.24, 2.45) is 5.73 Å². The summed E-state index contributed by atoms with van der Waals surface area (Å²) in [6.07, 6.45) is 1.39. The Morgan fingerprint density at radius 3 is 2.44 bits per heavy atom. The van der Waals surface area contributed by atoms with Crippen molar-refractivity contribution in [2.45, 2.75) is 23.3 Å². The van der Waals surface area contributed by atoms with Crippen LogP contribution in [0.2, 0.25) is 0 Å². The Bertz CT molecular complexity index is 466. The van der Waals surface area contributed by atoms with Gasteiger partial charge in [-0.2, -0.15) is 4.31 Å². The number of sulfone groups is 1. The van der Waals surface area contributed by atoms with E-state index < -0.39 is 25.1 Å². The van der Waals surface area contributed by atoms with Crippen molar-refractivity contribution in [3.05, 3.63) is 0 Å². The van der Waals surface area contributed by atoms with E-state index in [0.29, 0.717) is 12.8 Å². The fourth-order valence-electron chi connectivity index (χ4n) is 1.86. The van der Waals surface area contributed by atoms with Crippen LogP contribution in [0.4, 0.5) is 0 Å². The van der Waals surface area contributed by atoms with Gasteiger partial charge in [0.05, 0.1) is 16.3 Å². The third-order valence-corrected chi connectivity index (χ3v) is 7.58. The van der Waals surface area contributed by atoms with E-state index in [2.05, 4.69) is 0 Å². The van der Waals surface area contributed by atoms with Gasteiger partial charge in [0.25, 0.3) is 0 Å². The van der Waals surface area contributed by atoms with Gasteiger partial charge in [-0.05, 0) is 12.8 Å². The molecule has 1 saturated heterocycles. The summed E-state index contributed by atoms with van der Waals surface area (Å²) in [4.78, 5) is 0. The van der Waals surface area contributed by atoms with E-state index in [1.54, 1.807) is 0 Å². The van der Waals surface area contributed by atoms with Crippen molar-refractivity contribution >= 4 is 19.9 Å². The van der Waals surface area contributed by atoms with Crippen LogP contribution in [0.3, 0.4) is 0 Å². The Balaban J connectivity index is 2.16. The Morgan fingerprint density at radius 2 is 1.94 bits per heavy atom. The van der Waals surface area contributed by atoms with Crippen molar-refractivity contribution in [1.29, 1.82) is 0 Å². The lowest BCUT2D eigenvalue weighted by Crippen LogP contribution is -2.52. The van der Waals surface area contributed by atoms with Crippen LogP contribution in [0.1, 0.15) is 12.8 Å². The van der Waals surface area contributed by atoms with Crippen LogP contribution >= 0.6 is 0 Å². The predicted molar refractivity (Wildman–Crippen MR) is 60.1 cm³/mol. The van der Waals surface area contributed by atoms with E-state index in [4.69, 9.17) is 5.73 Å². The van der Waals surface area contributed by atoms with Crippen molar-refractivity contribution in [3.8, 4) is 0 Å². The highest BCUT2D eigenvalue weighted by molar-refractivity contribution is 7.92. The molecular weight excluding hydrogens is 252 g/mol. The third-order valence-electron chi connectivity index (χ3n) is 3.11. The van der Waals surface area contributed by atoms with Crippen LogP contribution < -0.4 is 5.73 Å². The summed E-state index contributed by atoms with van der Waals surface area (Å²) >= 11 is 0. The van der Waals surface area contributed by atoms with Crippen molar-refractivity contribution < 1.29 is 16.8 Å². The SMILES string of the molecule is NCC1CN(S(=O)(=O)C2CC2)CCS1(=O)=O. The highest BCUT2D eigenvalue weighted by Crippen LogP contribution is 2.32. The van der Waals surface area contributed by atoms with Gasteiger partial charge in [0.2, 0.25) is 10.0 Å². The monoisotopic (exact) mass is 268 g/mol. The second-order valence-corrected chi connectivity index (χ2v) is 8.94. The molecule has 0 aromatic heterocycles. The zero-order valence-corrected chi connectivity index (χ0v) is 10.5. The van der Waals surface area contributed by atoms with Crippen LogP contribution in [-0.4, -0.2) is 57.0 Å². The van der Waals surface area contributed by atoms with Crippen LogP contribution in [-0.2, 0) is 19.9 Å². The zero-order chi connectivity index (χ0) is 12.0. The van der Waals surface area contributed by atoms with E-state index in [1.165, 1.54) is 4.31 Å². The molecule has 0 radical (unpaired) electrons. The minimum atomic E-state index is -3.27. The van der Waals surface area contributed by atoms with Crippen LogP contribution in [0, 0.1) is 0 Å². The lowest BCUT2D eigenvalue weighted by atomic mass is 10.4. The number of hydrogen-bond acceptors (Lipinski definition) is 5. The molecule has 2 rings (SSSR count). The largest absolute Gasteiger partial charge is 0.329 e. The first-order valence-corrected chi connectivity index (χ1v) is 8.50. The van der Waals surface area contributed by atoms with Gasteiger partial charge in [-0.3, -0.25) is 0 Å². The van der Waals surface area contributed by atoms with Crippen molar-refractivity contribution in [2.75, 3.05) is 25.4 Å². The van der Waals surface area contributed by atoms with E-state index >= 15 is 0 Å². The number of hydrogen-bond donors (Lipinski definition) is 1. The smallest absolute Gasteiger partial charge is 0.217 e. The molecule has 2 aliphatic rings. The van der Waals surface area contributed by atoms with Gasteiger partial charge >= 0.3 is 0 Å². The Kier molecular flexibility index (Phi) is 3.02. The first-order valence-electron chi connectivity index (χ1n) is 5.28. The maximum Gasteiger partial charge on any atom is 0.217 e. The molecule has 1 aliphatic carbocycles. The van der Waals surface area contributed by atoms with Gasteiger partial charge in [-0.1, -0.05) is 0 Å². The van der Waals surface area contributed by atoms with E-state index in [-0.39, 0.29) is 30.6 Å². The summed E-state index contributed by atoms with van der Waals surface area (Å²) in [6.45, 7) is 0.0916. The highest BCUT2D eigenvalue weighted by Gasteiger charge is 2.44. The Hall–Kier alpha value is -0.180. The summed E-state index contributed by atoms with van der Waals surface area (Å²) in [5.74, 6) is -0.110. The van der Waals surface area contributed by atoms with E-state index in [0.717, 1.165) is 0 Å². The number of sulfonamides is 1. The Labute approximate surface area is 95.8 Å². The lowest BCUT2D eigenvalue weighted by Gasteiger charge is -2.31. The molecule has 6 nitrogen and oxygen atoms in total. The number of rotatable bonds is 3. The molecule has 1 aliphatic heterocycles. The number of nitrogens with two attached hydrogens (primary N) is 1. The minimum absolute atomic E-state index is 0.0149. The van der Waals surface area contributed by atoms with E-state index in [1.807, 2.05) is 0 Å². The average molecular weight is 268 g/mol. The summed E-state index contributed by atoms with van der Waals surface area (Å²) in [5.41, 5.74) is 5.38. The molecule has 16 heavy (non-hydrogen) atoms. The maximum atomic E-state index is 11.9. The molecular formula is C8H16N2O4S2. The fraction of sp³-hybridized carbons (Fsp3) is 1.00. The maximum absolute atomic E-state index is 11.9. The third kappa shape index (κ3) is 2.11. The summed E-state index contributed by atoms with van der Waals surface area (Å²) in [7, 11) is -6.47. The molecule has 1 heterocycles. The molecule has 0 aromatic rings. The summed E-state index contributed by atoms with van der Waals surface area (Å²) in [5, 5.41) is -1.03. The molecule has 2 N–H and O–H groups in total. The first kappa shape index (κ1) is 12.3. The normalized spacial score (nSPS) is 31.4. The summed E-state index contributed by atoms with van der Waals surface area (Å²) < 4.78 is 48.3. The fourth-order valence-corrected chi connectivity index (χ4v) is 5.46. The molecule has 1 unspecified atom stereocenters. The molecule has 0 spiro atoms.